The number of methoxy groups -OCH3 is 1. The summed E-state index contributed by atoms with van der Waals surface area (Å²) in [6.45, 7) is 5.30. The van der Waals surface area contributed by atoms with E-state index in [1.165, 1.54) is 18.8 Å². The molecule has 0 spiro atoms. The minimum absolute atomic E-state index is 0.0186. The fourth-order valence-corrected chi connectivity index (χ4v) is 2.56. The number of hydrogen-bond donors (Lipinski definition) is 1. The number of benzene rings is 1. The topological polar surface area (TPSA) is 99.5 Å². The van der Waals surface area contributed by atoms with Crippen LogP contribution in [0.15, 0.2) is 35.1 Å². The van der Waals surface area contributed by atoms with Crippen molar-refractivity contribution < 1.29 is 19.2 Å². The van der Waals surface area contributed by atoms with Crippen LogP contribution in [-0.4, -0.2) is 34.7 Å². The van der Waals surface area contributed by atoms with Crippen LogP contribution in [0.25, 0.3) is 0 Å². The molecule has 8 heteroatoms. The van der Waals surface area contributed by atoms with Gasteiger partial charge in [-0.15, -0.1) is 4.73 Å². The van der Waals surface area contributed by atoms with Gasteiger partial charge in [0.2, 0.25) is 5.91 Å². The number of esters is 1. The Morgan fingerprint density at radius 2 is 1.89 bits per heavy atom. The summed E-state index contributed by atoms with van der Waals surface area (Å²) in [5, 5.41) is 2.53. The van der Waals surface area contributed by atoms with Gasteiger partial charge in [-0.2, -0.15) is 0 Å². The van der Waals surface area contributed by atoms with Gasteiger partial charge < -0.3 is 14.9 Å². The van der Waals surface area contributed by atoms with E-state index in [2.05, 4.69) is 15.0 Å². The molecule has 1 heterocycles. The molecule has 2 aromatic rings. The highest BCUT2D eigenvalue weighted by Crippen LogP contribution is 2.05. The number of amides is 1. The Morgan fingerprint density at radius 1 is 1.21 bits per heavy atom. The highest BCUT2D eigenvalue weighted by Gasteiger charge is 2.18. The smallest absolute Gasteiger partial charge is 0.328 e. The molecule has 150 valence electrons. The fourth-order valence-electron chi connectivity index (χ4n) is 2.56. The largest absolute Gasteiger partial charge is 0.467 e. The lowest BCUT2D eigenvalue weighted by Crippen LogP contribution is -2.39. The van der Waals surface area contributed by atoms with E-state index in [9.17, 15) is 14.4 Å². The average Bonchev–Trinajstić information content (AvgIpc) is 2.69. The van der Waals surface area contributed by atoms with Gasteiger partial charge in [-0.25, -0.2) is 4.79 Å². The van der Waals surface area contributed by atoms with Gasteiger partial charge in [0.1, 0.15) is 18.3 Å². The normalized spacial score (nSPS) is 11.6. The molecular weight excluding hydrogens is 362 g/mol. The highest BCUT2D eigenvalue weighted by molar-refractivity contribution is 5.84. The third-order valence-electron chi connectivity index (χ3n) is 4.29. The van der Waals surface area contributed by atoms with Crippen molar-refractivity contribution in [1.29, 1.82) is 0 Å². The van der Waals surface area contributed by atoms with E-state index in [4.69, 9.17) is 4.84 Å². The first-order valence-electron chi connectivity index (χ1n) is 8.97. The SMILES string of the molecule is COC(=O)[C@H](C)NC(=O)CCc1nc(C)c(C)n(OCc2ccccc2)c1=O. The van der Waals surface area contributed by atoms with Crippen LogP contribution in [0.2, 0.25) is 0 Å². The summed E-state index contributed by atoms with van der Waals surface area (Å²) < 4.78 is 5.79. The Hall–Kier alpha value is -3.16. The van der Waals surface area contributed by atoms with Crippen molar-refractivity contribution in [3.05, 3.63) is 63.3 Å². The maximum Gasteiger partial charge on any atom is 0.328 e. The molecule has 1 aromatic heterocycles. The molecule has 0 unspecified atom stereocenters. The van der Waals surface area contributed by atoms with E-state index in [0.717, 1.165) is 5.56 Å². The quantitative estimate of drug-likeness (QED) is 0.681. The third kappa shape index (κ3) is 5.42. The van der Waals surface area contributed by atoms with Gasteiger partial charge in [0.15, 0.2) is 0 Å². The van der Waals surface area contributed by atoms with E-state index in [-0.39, 0.29) is 31.0 Å². The fraction of sp³-hybridized carbons (Fsp3) is 0.400. The summed E-state index contributed by atoms with van der Waals surface area (Å²) in [4.78, 5) is 46.1. The molecule has 1 amide bonds. The van der Waals surface area contributed by atoms with E-state index >= 15 is 0 Å². The number of nitrogens with zero attached hydrogens (tertiary/aromatic N) is 2. The molecule has 8 nitrogen and oxygen atoms in total. The standard InChI is InChI=1S/C20H25N3O5/c1-13-15(3)23(28-12-16-8-6-5-7-9-16)19(25)17(21-13)10-11-18(24)22-14(2)20(26)27-4/h5-9,14H,10-12H2,1-4H3,(H,22,24)/t14-/m0/s1. The Labute approximate surface area is 163 Å². The van der Waals surface area contributed by atoms with Gasteiger partial charge in [0, 0.05) is 12.8 Å². The maximum atomic E-state index is 12.7. The molecule has 28 heavy (non-hydrogen) atoms. The molecule has 0 radical (unpaired) electrons. The van der Waals surface area contributed by atoms with Crippen molar-refractivity contribution in [2.45, 2.75) is 46.3 Å². The second-order valence-corrected chi connectivity index (χ2v) is 6.40. The van der Waals surface area contributed by atoms with Gasteiger partial charge in [0.25, 0.3) is 0 Å². The number of ether oxygens (including phenoxy) is 1. The second kappa shape index (κ2) is 9.68. The molecule has 1 N–H and O–H groups in total. The Balaban J connectivity index is 2.08. The maximum absolute atomic E-state index is 12.7. The second-order valence-electron chi connectivity index (χ2n) is 6.40. The molecule has 1 aromatic carbocycles. The molecule has 0 aliphatic carbocycles. The minimum atomic E-state index is -0.754. The van der Waals surface area contributed by atoms with Gasteiger partial charge >= 0.3 is 11.5 Å². The molecular formula is C20H25N3O5. The van der Waals surface area contributed by atoms with Crippen LogP contribution in [0.1, 0.15) is 36.0 Å². The van der Waals surface area contributed by atoms with E-state index < -0.39 is 17.6 Å². The number of nitrogens with one attached hydrogen (secondary N) is 1. The van der Waals surface area contributed by atoms with Crippen LogP contribution in [0, 0.1) is 13.8 Å². The van der Waals surface area contributed by atoms with Crippen LogP contribution in [-0.2, 0) is 27.4 Å². The summed E-state index contributed by atoms with van der Waals surface area (Å²) in [7, 11) is 1.25. The number of aryl methyl sites for hydroxylation is 2. The third-order valence-corrected chi connectivity index (χ3v) is 4.29. The zero-order chi connectivity index (χ0) is 20.7. The molecule has 0 saturated carbocycles. The molecule has 0 fully saturated rings. The monoisotopic (exact) mass is 387 g/mol. The van der Waals surface area contributed by atoms with Crippen LogP contribution in [0.3, 0.4) is 0 Å². The molecule has 0 aliphatic heterocycles. The van der Waals surface area contributed by atoms with Gasteiger partial charge in [-0.3, -0.25) is 14.6 Å². The number of carbonyl (C=O) groups excluding carboxylic acids is 2. The van der Waals surface area contributed by atoms with Crippen LogP contribution in [0.4, 0.5) is 0 Å². The lowest BCUT2D eigenvalue weighted by Gasteiger charge is -2.15. The number of hydrogen-bond acceptors (Lipinski definition) is 6. The molecule has 0 saturated heterocycles. The first-order valence-corrected chi connectivity index (χ1v) is 8.97. The van der Waals surface area contributed by atoms with Crippen molar-refractivity contribution in [2.24, 2.45) is 0 Å². The summed E-state index contributed by atoms with van der Waals surface area (Å²) >= 11 is 0. The first-order chi connectivity index (χ1) is 13.3. The average molecular weight is 387 g/mol. The van der Waals surface area contributed by atoms with Crippen LogP contribution < -0.4 is 15.7 Å². The summed E-state index contributed by atoms with van der Waals surface area (Å²) in [5.41, 5.74) is 2.02. The zero-order valence-electron chi connectivity index (χ0n) is 16.5. The van der Waals surface area contributed by atoms with Crippen molar-refractivity contribution in [1.82, 2.24) is 15.0 Å². The summed E-state index contributed by atoms with van der Waals surface area (Å²) in [5.74, 6) is -0.900. The van der Waals surface area contributed by atoms with Crippen molar-refractivity contribution in [3.63, 3.8) is 0 Å². The molecule has 0 bridgehead atoms. The van der Waals surface area contributed by atoms with Crippen molar-refractivity contribution in [2.75, 3.05) is 7.11 Å². The number of aromatic nitrogens is 2. The van der Waals surface area contributed by atoms with Gasteiger partial charge in [-0.1, -0.05) is 30.3 Å². The Bertz CT molecular complexity index is 893. The first kappa shape index (κ1) is 21.1. The Kier molecular flexibility index (Phi) is 7.31. The predicted octanol–water partition coefficient (Wildman–Crippen LogP) is 1.10. The number of rotatable bonds is 8. The molecule has 1 atom stereocenters. The Morgan fingerprint density at radius 3 is 2.54 bits per heavy atom. The summed E-state index contributed by atoms with van der Waals surface area (Å²) in [6.07, 6.45) is 0.152. The predicted molar refractivity (Wildman–Crippen MR) is 103 cm³/mol. The number of carbonyl (C=O) groups is 2. The van der Waals surface area contributed by atoms with E-state index in [1.54, 1.807) is 13.8 Å². The minimum Gasteiger partial charge on any atom is -0.467 e. The zero-order valence-corrected chi connectivity index (χ0v) is 16.5. The van der Waals surface area contributed by atoms with Crippen molar-refractivity contribution >= 4 is 11.9 Å². The van der Waals surface area contributed by atoms with Gasteiger partial charge in [0.05, 0.1) is 18.5 Å². The van der Waals surface area contributed by atoms with E-state index in [0.29, 0.717) is 11.4 Å². The highest BCUT2D eigenvalue weighted by atomic mass is 16.7. The summed E-state index contributed by atoms with van der Waals surface area (Å²) in [6, 6.07) is 8.75. The van der Waals surface area contributed by atoms with Crippen LogP contribution >= 0.6 is 0 Å². The van der Waals surface area contributed by atoms with Crippen LogP contribution in [0.5, 0.6) is 0 Å². The van der Waals surface area contributed by atoms with Crippen molar-refractivity contribution in [3.8, 4) is 0 Å². The lowest BCUT2D eigenvalue weighted by molar-refractivity contribution is -0.144. The molecule has 0 aliphatic rings. The lowest BCUT2D eigenvalue weighted by atomic mass is 10.2. The molecule has 2 rings (SSSR count). The van der Waals surface area contributed by atoms with E-state index in [1.807, 2.05) is 30.3 Å². The van der Waals surface area contributed by atoms with Gasteiger partial charge in [-0.05, 0) is 26.3 Å².